The molecule has 0 nitrogen and oxygen atoms in total. The van der Waals surface area contributed by atoms with Crippen LogP contribution in [0, 0.1) is 11.8 Å². The van der Waals surface area contributed by atoms with Gasteiger partial charge < -0.3 is 0 Å². The Labute approximate surface area is 144 Å². The summed E-state index contributed by atoms with van der Waals surface area (Å²) in [4.78, 5) is 0. The monoisotopic (exact) mass is 312 g/mol. The van der Waals surface area contributed by atoms with Crippen molar-refractivity contribution in [2.45, 2.75) is 84.5 Å². The van der Waals surface area contributed by atoms with E-state index in [9.17, 15) is 0 Å². The lowest BCUT2D eigenvalue weighted by Crippen LogP contribution is -2.13. The van der Waals surface area contributed by atoms with Gasteiger partial charge in [0, 0.05) is 0 Å². The van der Waals surface area contributed by atoms with Gasteiger partial charge >= 0.3 is 0 Å². The van der Waals surface area contributed by atoms with Crippen LogP contribution in [0.5, 0.6) is 0 Å². The van der Waals surface area contributed by atoms with Gasteiger partial charge in [0.05, 0.1) is 0 Å². The summed E-state index contributed by atoms with van der Waals surface area (Å²) in [6.45, 7) is 4.62. The molecule has 23 heavy (non-hydrogen) atoms. The molecule has 128 valence electrons. The summed E-state index contributed by atoms with van der Waals surface area (Å²) in [5, 5.41) is 0. The number of allylic oxidation sites excluding steroid dienone is 1. The van der Waals surface area contributed by atoms with E-state index in [0.717, 1.165) is 11.8 Å². The highest BCUT2D eigenvalue weighted by atomic mass is 14.2. The van der Waals surface area contributed by atoms with Crippen LogP contribution in [0.15, 0.2) is 30.3 Å². The maximum Gasteiger partial charge on any atom is -0.0260 e. The van der Waals surface area contributed by atoms with Crippen LogP contribution in [-0.2, 0) is 6.42 Å². The van der Waals surface area contributed by atoms with Gasteiger partial charge in [-0.05, 0) is 48.6 Å². The van der Waals surface area contributed by atoms with Crippen LogP contribution < -0.4 is 0 Å². The molecule has 2 rings (SSSR count). The van der Waals surface area contributed by atoms with Crippen LogP contribution in [-0.4, -0.2) is 0 Å². The predicted molar refractivity (Wildman–Crippen MR) is 104 cm³/mol. The molecule has 0 unspecified atom stereocenters. The van der Waals surface area contributed by atoms with E-state index in [1.807, 2.05) is 0 Å². The number of unbranched alkanes of at least 4 members (excludes halogenated alkanes) is 2. The quantitative estimate of drug-likeness (QED) is 0.416. The van der Waals surface area contributed by atoms with Crippen LogP contribution in [0.1, 0.15) is 89.2 Å². The van der Waals surface area contributed by atoms with Crippen molar-refractivity contribution in [3.8, 4) is 0 Å². The molecule has 0 atom stereocenters. The Kier molecular flexibility index (Phi) is 8.50. The highest BCUT2D eigenvalue weighted by molar-refractivity contribution is 5.49. The van der Waals surface area contributed by atoms with E-state index in [2.05, 4.69) is 50.3 Å². The number of hydrogen-bond acceptors (Lipinski definition) is 0. The van der Waals surface area contributed by atoms with E-state index in [4.69, 9.17) is 0 Å². The number of hydrogen-bond donors (Lipinski definition) is 0. The van der Waals surface area contributed by atoms with Crippen molar-refractivity contribution >= 4 is 6.08 Å². The average Bonchev–Trinajstić information content (AvgIpc) is 2.61. The van der Waals surface area contributed by atoms with Crippen LogP contribution in [0.25, 0.3) is 6.08 Å². The molecule has 0 aromatic heterocycles. The smallest absolute Gasteiger partial charge is 0.0260 e. The Morgan fingerprint density at radius 3 is 2.26 bits per heavy atom. The van der Waals surface area contributed by atoms with Crippen LogP contribution in [0.3, 0.4) is 0 Å². The Morgan fingerprint density at radius 1 is 0.913 bits per heavy atom. The molecular formula is C23H36. The molecule has 0 radical (unpaired) electrons. The minimum absolute atomic E-state index is 0.989. The molecule has 1 aromatic carbocycles. The van der Waals surface area contributed by atoms with E-state index in [1.54, 1.807) is 0 Å². The summed E-state index contributed by atoms with van der Waals surface area (Å²) in [5.41, 5.74) is 2.85. The molecule has 1 aliphatic carbocycles. The van der Waals surface area contributed by atoms with Gasteiger partial charge in [-0.3, -0.25) is 0 Å². The van der Waals surface area contributed by atoms with Gasteiger partial charge in [0.15, 0.2) is 0 Å². The second kappa shape index (κ2) is 10.7. The molecule has 1 aromatic rings. The second-order valence-corrected chi connectivity index (χ2v) is 7.47. The standard InChI is InChI=1S/C23H36/c1-3-5-6-9-21-16-18-23(19-17-21)11-8-7-10-22-14-12-20(4-2)13-15-22/h8,11,16-20,22H,3-7,9-10,12-15H2,1-2H3/b11-8-. The molecule has 0 spiro atoms. The van der Waals surface area contributed by atoms with Gasteiger partial charge in [-0.2, -0.15) is 0 Å². The third-order valence-corrected chi connectivity index (χ3v) is 5.64. The zero-order valence-electron chi connectivity index (χ0n) is 15.4. The summed E-state index contributed by atoms with van der Waals surface area (Å²) < 4.78 is 0. The topological polar surface area (TPSA) is 0 Å². The number of aryl methyl sites for hydroxylation is 1. The fourth-order valence-corrected chi connectivity index (χ4v) is 3.85. The first-order valence-corrected chi connectivity index (χ1v) is 10.1. The predicted octanol–water partition coefficient (Wildman–Crippen LogP) is 7.43. The first-order valence-electron chi connectivity index (χ1n) is 10.1. The van der Waals surface area contributed by atoms with Gasteiger partial charge in [0.2, 0.25) is 0 Å². The van der Waals surface area contributed by atoms with E-state index < -0.39 is 0 Å². The first kappa shape index (κ1) is 18.3. The number of benzene rings is 1. The molecule has 1 saturated carbocycles. The molecule has 0 heterocycles. The third kappa shape index (κ3) is 6.94. The van der Waals surface area contributed by atoms with E-state index >= 15 is 0 Å². The van der Waals surface area contributed by atoms with Crippen LogP contribution in [0.2, 0.25) is 0 Å². The molecular weight excluding hydrogens is 276 g/mol. The minimum Gasteiger partial charge on any atom is -0.0839 e. The Balaban J connectivity index is 1.65. The van der Waals surface area contributed by atoms with Crippen molar-refractivity contribution in [1.82, 2.24) is 0 Å². The van der Waals surface area contributed by atoms with Gasteiger partial charge in [0.25, 0.3) is 0 Å². The van der Waals surface area contributed by atoms with Crippen LogP contribution >= 0.6 is 0 Å². The van der Waals surface area contributed by atoms with E-state index in [-0.39, 0.29) is 0 Å². The van der Waals surface area contributed by atoms with Crippen molar-refractivity contribution in [3.63, 3.8) is 0 Å². The molecule has 1 fully saturated rings. The highest BCUT2D eigenvalue weighted by Crippen LogP contribution is 2.33. The normalized spacial score (nSPS) is 21.8. The Morgan fingerprint density at radius 2 is 1.61 bits per heavy atom. The molecule has 0 amide bonds. The summed E-state index contributed by atoms with van der Waals surface area (Å²) >= 11 is 0. The minimum atomic E-state index is 0.989. The summed E-state index contributed by atoms with van der Waals surface area (Å²) in [6.07, 6.45) is 19.8. The zero-order valence-corrected chi connectivity index (χ0v) is 15.4. The Hall–Kier alpha value is -1.04. The molecule has 0 aliphatic heterocycles. The third-order valence-electron chi connectivity index (χ3n) is 5.64. The van der Waals surface area contributed by atoms with Crippen molar-refractivity contribution in [2.75, 3.05) is 0 Å². The SMILES string of the molecule is CCCCCc1ccc(/C=C\CCC2CCC(CC)CC2)cc1. The second-order valence-electron chi connectivity index (χ2n) is 7.47. The largest absolute Gasteiger partial charge is 0.0839 e. The zero-order chi connectivity index (χ0) is 16.3. The maximum absolute atomic E-state index is 2.39. The lowest BCUT2D eigenvalue weighted by molar-refractivity contribution is 0.260. The summed E-state index contributed by atoms with van der Waals surface area (Å²) in [5.74, 6) is 2.01. The molecule has 0 heteroatoms. The fourth-order valence-electron chi connectivity index (χ4n) is 3.85. The van der Waals surface area contributed by atoms with E-state index in [1.165, 1.54) is 81.8 Å². The lowest BCUT2D eigenvalue weighted by Gasteiger charge is -2.27. The Bertz CT molecular complexity index is 432. The number of rotatable bonds is 9. The maximum atomic E-state index is 2.39. The lowest BCUT2D eigenvalue weighted by atomic mass is 9.79. The highest BCUT2D eigenvalue weighted by Gasteiger charge is 2.18. The van der Waals surface area contributed by atoms with E-state index in [0.29, 0.717) is 0 Å². The first-order chi connectivity index (χ1) is 11.3. The van der Waals surface area contributed by atoms with Crippen molar-refractivity contribution < 1.29 is 0 Å². The molecule has 1 aliphatic rings. The summed E-state index contributed by atoms with van der Waals surface area (Å²) in [6, 6.07) is 9.18. The van der Waals surface area contributed by atoms with Gasteiger partial charge in [-0.15, -0.1) is 0 Å². The van der Waals surface area contributed by atoms with Crippen molar-refractivity contribution in [2.24, 2.45) is 11.8 Å². The van der Waals surface area contributed by atoms with Crippen molar-refractivity contribution in [1.29, 1.82) is 0 Å². The fraction of sp³-hybridized carbons (Fsp3) is 0.652. The van der Waals surface area contributed by atoms with Gasteiger partial charge in [-0.25, -0.2) is 0 Å². The van der Waals surface area contributed by atoms with Gasteiger partial charge in [0.1, 0.15) is 0 Å². The molecule has 0 N–H and O–H groups in total. The van der Waals surface area contributed by atoms with Gasteiger partial charge in [-0.1, -0.05) is 95.2 Å². The average molecular weight is 313 g/mol. The summed E-state index contributed by atoms with van der Waals surface area (Å²) in [7, 11) is 0. The molecule has 0 saturated heterocycles. The van der Waals surface area contributed by atoms with Crippen molar-refractivity contribution in [3.05, 3.63) is 41.5 Å². The van der Waals surface area contributed by atoms with Crippen LogP contribution in [0.4, 0.5) is 0 Å². The molecule has 0 bridgehead atoms.